The Labute approximate surface area is 74.4 Å². The third-order valence-electron chi connectivity index (χ3n) is 1.50. The van der Waals surface area contributed by atoms with Crippen LogP contribution in [0.15, 0.2) is 30.3 Å². The van der Waals surface area contributed by atoms with Gasteiger partial charge in [0.1, 0.15) is 0 Å². The Bertz CT molecular complexity index is 263. The molecule has 4 heteroatoms. The first-order valence-corrected chi connectivity index (χ1v) is 4.58. The quantitative estimate of drug-likeness (QED) is 0.655. The SMILES string of the molecule is CN(Cc1ccccc1)S(=O)[O-]. The van der Waals surface area contributed by atoms with Crippen LogP contribution in [-0.4, -0.2) is 20.1 Å². The fourth-order valence-corrected chi connectivity index (χ4v) is 1.15. The van der Waals surface area contributed by atoms with E-state index in [1.807, 2.05) is 30.3 Å². The van der Waals surface area contributed by atoms with Crippen molar-refractivity contribution in [2.24, 2.45) is 0 Å². The highest BCUT2D eigenvalue weighted by Gasteiger charge is 1.97. The summed E-state index contributed by atoms with van der Waals surface area (Å²) in [7, 11) is 1.54. The monoisotopic (exact) mass is 184 g/mol. The summed E-state index contributed by atoms with van der Waals surface area (Å²) in [5, 5.41) is 0. The number of hydrogen-bond donors (Lipinski definition) is 0. The molecular formula is C8H10NO2S-. The van der Waals surface area contributed by atoms with Crippen LogP contribution in [0.2, 0.25) is 0 Å². The first kappa shape index (κ1) is 9.38. The van der Waals surface area contributed by atoms with Gasteiger partial charge in [0.2, 0.25) is 0 Å². The van der Waals surface area contributed by atoms with Crippen molar-refractivity contribution in [1.82, 2.24) is 4.31 Å². The van der Waals surface area contributed by atoms with Gasteiger partial charge in [0.15, 0.2) is 0 Å². The highest BCUT2D eigenvalue weighted by atomic mass is 32.2. The van der Waals surface area contributed by atoms with Crippen LogP contribution in [0.1, 0.15) is 5.56 Å². The van der Waals surface area contributed by atoms with Gasteiger partial charge in [-0.1, -0.05) is 30.3 Å². The first-order valence-electron chi connectivity index (χ1n) is 3.54. The lowest BCUT2D eigenvalue weighted by atomic mass is 10.2. The molecule has 0 fully saturated rings. The minimum atomic E-state index is -2.13. The summed E-state index contributed by atoms with van der Waals surface area (Å²) < 4.78 is 22.1. The minimum Gasteiger partial charge on any atom is -0.760 e. The predicted molar refractivity (Wildman–Crippen MR) is 46.8 cm³/mol. The largest absolute Gasteiger partial charge is 0.760 e. The smallest absolute Gasteiger partial charge is 0.0350 e. The average molecular weight is 184 g/mol. The van der Waals surface area contributed by atoms with E-state index in [1.54, 1.807) is 0 Å². The predicted octanol–water partition coefficient (Wildman–Crippen LogP) is 0.913. The van der Waals surface area contributed by atoms with E-state index in [1.165, 1.54) is 11.4 Å². The average Bonchev–Trinajstić information content (AvgIpc) is 2.06. The summed E-state index contributed by atoms with van der Waals surface area (Å²) in [6.07, 6.45) is 0. The fourth-order valence-electron chi connectivity index (χ4n) is 0.893. The maximum Gasteiger partial charge on any atom is 0.0350 e. The number of benzene rings is 1. The molecule has 0 heterocycles. The Kier molecular flexibility index (Phi) is 3.40. The lowest BCUT2D eigenvalue weighted by molar-refractivity contribution is 0.430. The summed E-state index contributed by atoms with van der Waals surface area (Å²) >= 11 is -2.13. The van der Waals surface area contributed by atoms with Crippen molar-refractivity contribution in [3.63, 3.8) is 0 Å². The molecule has 0 amide bonds. The van der Waals surface area contributed by atoms with Crippen molar-refractivity contribution >= 4 is 11.3 Å². The summed E-state index contributed by atoms with van der Waals surface area (Å²) in [6, 6.07) is 9.46. The molecule has 0 saturated heterocycles. The lowest BCUT2D eigenvalue weighted by Crippen LogP contribution is -2.19. The molecule has 0 spiro atoms. The molecule has 0 saturated carbocycles. The summed E-state index contributed by atoms with van der Waals surface area (Å²) in [4.78, 5) is 0. The van der Waals surface area contributed by atoms with Gasteiger partial charge < -0.3 is 4.55 Å². The van der Waals surface area contributed by atoms with Gasteiger partial charge >= 0.3 is 0 Å². The van der Waals surface area contributed by atoms with E-state index in [-0.39, 0.29) is 0 Å². The topological polar surface area (TPSA) is 43.4 Å². The Balaban J connectivity index is 2.58. The van der Waals surface area contributed by atoms with E-state index in [9.17, 15) is 8.76 Å². The second-order valence-electron chi connectivity index (χ2n) is 2.49. The van der Waals surface area contributed by atoms with Crippen LogP contribution >= 0.6 is 0 Å². The third-order valence-corrected chi connectivity index (χ3v) is 2.14. The van der Waals surface area contributed by atoms with Crippen LogP contribution < -0.4 is 0 Å². The molecule has 1 atom stereocenters. The summed E-state index contributed by atoms with van der Waals surface area (Å²) in [5.74, 6) is 0. The van der Waals surface area contributed by atoms with Crippen LogP contribution in [0.4, 0.5) is 0 Å². The van der Waals surface area contributed by atoms with Crippen LogP contribution in [0.3, 0.4) is 0 Å². The second-order valence-corrected chi connectivity index (χ2v) is 3.55. The molecule has 1 unspecified atom stereocenters. The molecule has 0 aliphatic rings. The van der Waals surface area contributed by atoms with Crippen molar-refractivity contribution in [1.29, 1.82) is 0 Å². The van der Waals surface area contributed by atoms with Gasteiger partial charge in [0.05, 0.1) is 0 Å². The van der Waals surface area contributed by atoms with Crippen molar-refractivity contribution < 1.29 is 8.76 Å². The second kappa shape index (κ2) is 4.35. The molecule has 0 radical (unpaired) electrons. The van der Waals surface area contributed by atoms with Crippen molar-refractivity contribution in [2.75, 3.05) is 7.05 Å². The van der Waals surface area contributed by atoms with Gasteiger partial charge in [-0.25, -0.2) is 4.31 Å². The van der Waals surface area contributed by atoms with E-state index >= 15 is 0 Å². The molecular weight excluding hydrogens is 174 g/mol. The van der Waals surface area contributed by atoms with E-state index in [4.69, 9.17) is 0 Å². The van der Waals surface area contributed by atoms with E-state index < -0.39 is 11.3 Å². The zero-order valence-corrected chi connectivity index (χ0v) is 7.58. The zero-order valence-electron chi connectivity index (χ0n) is 6.77. The number of nitrogens with zero attached hydrogens (tertiary/aromatic N) is 1. The van der Waals surface area contributed by atoms with Gasteiger partial charge in [-0.2, -0.15) is 0 Å². The molecule has 0 bridgehead atoms. The highest BCUT2D eigenvalue weighted by molar-refractivity contribution is 7.76. The molecule has 1 aromatic rings. The minimum absolute atomic E-state index is 0.428. The molecule has 0 N–H and O–H groups in total. The highest BCUT2D eigenvalue weighted by Crippen LogP contribution is 2.02. The van der Waals surface area contributed by atoms with Gasteiger partial charge in [0.25, 0.3) is 0 Å². The van der Waals surface area contributed by atoms with Gasteiger partial charge in [0, 0.05) is 17.8 Å². The Morgan fingerprint density at radius 3 is 2.50 bits per heavy atom. The van der Waals surface area contributed by atoms with Crippen molar-refractivity contribution in [3.05, 3.63) is 35.9 Å². The molecule has 12 heavy (non-hydrogen) atoms. The molecule has 1 aromatic carbocycles. The molecule has 0 aliphatic carbocycles. The van der Waals surface area contributed by atoms with Crippen LogP contribution in [0.25, 0.3) is 0 Å². The van der Waals surface area contributed by atoms with Gasteiger partial charge in [-0.15, -0.1) is 0 Å². The molecule has 1 rings (SSSR count). The van der Waals surface area contributed by atoms with Crippen LogP contribution in [-0.2, 0) is 17.8 Å². The Morgan fingerprint density at radius 2 is 2.00 bits per heavy atom. The van der Waals surface area contributed by atoms with E-state index in [0.29, 0.717) is 6.54 Å². The third kappa shape index (κ3) is 2.73. The summed E-state index contributed by atoms with van der Waals surface area (Å²) in [5.41, 5.74) is 0.990. The summed E-state index contributed by atoms with van der Waals surface area (Å²) in [6.45, 7) is 0.428. The van der Waals surface area contributed by atoms with Gasteiger partial charge in [-0.3, -0.25) is 4.21 Å². The molecule has 0 aromatic heterocycles. The maximum absolute atomic E-state index is 10.4. The molecule has 3 nitrogen and oxygen atoms in total. The van der Waals surface area contributed by atoms with Crippen LogP contribution in [0, 0.1) is 0 Å². The Hall–Kier alpha value is -0.710. The maximum atomic E-state index is 10.4. The van der Waals surface area contributed by atoms with Crippen LogP contribution in [0.5, 0.6) is 0 Å². The fraction of sp³-hybridized carbons (Fsp3) is 0.250. The number of rotatable bonds is 3. The molecule has 66 valence electrons. The van der Waals surface area contributed by atoms with Crippen molar-refractivity contribution in [2.45, 2.75) is 6.54 Å². The lowest BCUT2D eigenvalue weighted by Gasteiger charge is -2.18. The van der Waals surface area contributed by atoms with Crippen molar-refractivity contribution in [3.8, 4) is 0 Å². The standard InChI is InChI=1S/C8H11NO2S/c1-9(12(10)11)7-8-5-3-2-4-6-8/h2-6H,7H2,1H3,(H,10,11)/p-1. The molecule has 0 aliphatic heterocycles. The van der Waals surface area contributed by atoms with Gasteiger partial charge in [-0.05, 0) is 12.6 Å². The van der Waals surface area contributed by atoms with E-state index in [0.717, 1.165) is 5.56 Å². The normalized spacial score (nSPS) is 13.2. The zero-order chi connectivity index (χ0) is 8.97. The first-order chi connectivity index (χ1) is 5.70. The Morgan fingerprint density at radius 1 is 1.42 bits per heavy atom. The number of hydrogen-bond acceptors (Lipinski definition) is 2. The van der Waals surface area contributed by atoms with E-state index in [2.05, 4.69) is 0 Å².